The number of hydrogen-bond acceptors (Lipinski definition) is 5. The van der Waals surface area contributed by atoms with Gasteiger partial charge in [0.05, 0.1) is 7.11 Å². The zero-order valence-corrected chi connectivity index (χ0v) is 20.9. The Hall–Kier alpha value is -4.26. The monoisotopic (exact) mass is 488 g/mol. The van der Waals surface area contributed by atoms with E-state index < -0.39 is 0 Å². The molecule has 0 saturated heterocycles. The van der Waals surface area contributed by atoms with Gasteiger partial charge in [0.15, 0.2) is 11.5 Å². The Bertz CT molecular complexity index is 1170. The first kappa shape index (κ1) is 26.3. The molecule has 0 aliphatic heterocycles. The van der Waals surface area contributed by atoms with Gasteiger partial charge in [0.2, 0.25) is 0 Å². The lowest BCUT2D eigenvalue weighted by molar-refractivity contribution is -0.117. The van der Waals surface area contributed by atoms with Crippen molar-refractivity contribution in [1.82, 2.24) is 10.6 Å². The van der Waals surface area contributed by atoms with Crippen LogP contribution in [-0.4, -0.2) is 38.7 Å². The number of amides is 2. The Labute approximate surface area is 212 Å². The van der Waals surface area contributed by atoms with Crippen LogP contribution < -0.4 is 24.8 Å². The molecule has 0 aliphatic rings. The summed E-state index contributed by atoms with van der Waals surface area (Å²) in [5.74, 6) is 1.30. The number of ether oxygens (including phenoxy) is 3. The van der Waals surface area contributed by atoms with E-state index in [9.17, 15) is 9.59 Å². The molecule has 0 heterocycles. The van der Waals surface area contributed by atoms with Crippen molar-refractivity contribution in [2.45, 2.75) is 20.3 Å². The second kappa shape index (κ2) is 13.6. The number of methoxy groups -OCH3 is 1. The molecule has 0 spiro atoms. The summed E-state index contributed by atoms with van der Waals surface area (Å²) in [6.07, 6.45) is 2.43. The standard InChI is InChI=1S/C29H32N2O5/c1-4-17-30-29(33)25(31-28(32)23-13-9-21(2)10-14-23)20-22-11-15-24(16-12-22)35-18-19-36-27-8-6-5-7-26(27)34-3/h5-16,20H,4,17-19H2,1-3H3,(H,30,33)(H,31,32)/b25-20+. The van der Waals surface area contributed by atoms with Gasteiger partial charge in [0.25, 0.3) is 11.8 Å². The molecule has 0 radical (unpaired) electrons. The molecule has 2 N–H and O–H groups in total. The molecule has 0 bridgehead atoms. The Morgan fingerprint density at radius 2 is 1.53 bits per heavy atom. The first-order valence-electron chi connectivity index (χ1n) is 11.9. The fourth-order valence-electron chi connectivity index (χ4n) is 3.27. The molecule has 0 saturated carbocycles. The van der Waals surface area contributed by atoms with Crippen molar-refractivity contribution in [3.8, 4) is 17.2 Å². The lowest BCUT2D eigenvalue weighted by atomic mass is 10.1. The smallest absolute Gasteiger partial charge is 0.267 e. The summed E-state index contributed by atoms with van der Waals surface area (Å²) in [5, 5.41) is 5.56. The maximum atomic E-state index is 12.7. The lowest BCUT2D eigenvalue weighted by Crippen LogP contribution is -2.35. The molecule has 2 amide bonds. The van der Waals surface area contributed by atoms with E-state index in [2.05, 4.69) is 10.6 Å². The molecule has 7 nitrogen and oxygen atoms in total. The Balaban J connectivity index is 1.62. The number of aryl methyl sites for hydroxylation is 1. The second-order valence-electron chi connectivity index (χ2n) is 8.05. The molecule has 3 aromatic rings. The number of rotatable bonds is 12. The summed E-state index contributed by atoms with van der Waals surface area (Å²) in [6, 6.07) is 21.9. The topological polar surface area (TPSA) is 85.9 Å². The van der Waals surface area contributed by atoms with Gasteiger partial charge in [-0.3, -0.25) is 9.59 Å². The summed E-state index contributed by atoms with van der Waals surface area (Å²) in [7, 11) is 1.60. The summed E-state index contributed by atoms with van der Waals surface area (Å²) in [6.45, 7) is 5.14. The Morgan fingerprint density at radius 3 is 2.19 bits per heavy atom. The normalized spacial score (nSPS) is 10.9. The van der Waals surface area contributed by atoms with Crippen molar-refractivity contribution < 1.29 is 23.8 Å². The number of benzene rings is 3. The van der Waals surface area contributed by atoms with E-state index in [4.69, 9.17) is 14.2 Å². The number of nitrogens with one attached hydrogen (secondary N) is 2. The van der Waals surface area contributed by atoms with E-state index in [0.717, 1.165) is 17.5 Å². The highest BCUT2D eigenvalue weighted by atomic mass is 16.5. The van der Waals surface area contributed by atoms with Crippen LogP contribution in [0.3, 0.4) is 0 Å². The molecule has 3 rings (SSSR count). The van der Waals surface area contributed by atoms with Crippen molar-refractivity contribution in [3.63, 3.8) is 0 Å². The van der Waals surface area contributed by atoms with Gasteiger partial charge in [-0.2, -0.15) is 0 Å². The van der Waals surface area contributed by atoms with Crippen LogP contribution in [0.15, 0.2) is 78.5 Å². The molecule has 36 heavy (non-hydrogen) atoms. The van der Waals surface area contributed by atoms with E-state index in [-0.39, 0.29) is 17.5 Å². The highest BCUT2D eigenvalue weighted by Gasteiger charge is 2.14. The molecule has 3 aromatic carbocycles. The maximum Gasteiger partial charge on any atom is 0.267 e. The van der Waals surface area contributed by atoms with Crippen LogP contribution in [0, 0.1) is 6.92 Å². The molecular weight excluding hydrogens is 456 g/mol. The molecule has 7 heteroatoms. The van der Waals surface area contributed by atoms with Crippen molar-refractivity contribution in [3.05, 3.63) is 95.2 Å². The first-order chi connectivity index (χ1) is 17.5. The summed E-state index contributed by atoms with van der Waals surface area (Å²) >= 11 is 0. The summed E-state index contributed by atoms with van der Waals surface area (Å²) in [5.41, 5.74) is 2.46. The molecule has 0 unspecified atom stereocenters. The minimum absolute atomic E-state index is 0.174. The third kappa shape index (κ3) is 7.91. The SMILES string of the molecule is CCCNC(=O)/C(=C\c1ccc(OCCOc2ccccc2OC)cc1)NC(=O)c1ccc(C)cc1. The van der Waals surface area contributed by atoms with Gasteiger partial charge in [0.1, 0.15) is 24.7 Å². The zero-order valence-electron chi connectivity index (χ0n) is 20.9. The van der Waals surface area contributed by atoms with Gasteiger partial charge in [-0.05, 0) is 61.4 Å². The van der Waals surface area contributed by atoms with E-state index in [1.165, 1.54) is 0 Å². The molecule has 0 fully saturated rings. The van der Waals surface area contributed by atoms with Crippen LogP contribution in [0.25, 0.3) is 6.08 Å². The third-order valence-corrected chi connectivity index (χ3v) is 5.21. The number of carbonyl (C=O) groups is 2. The predicted octanol–water partition coefficient (Wildman–Crippen LogP) is 4.76. The average Bonchev–Trinajstić information content (AvgIpc) is 2.90. The fourth-order valence-corrected chi connectivity index (χ4v) is 3.27. The predicted molar refractivity (Wildman–Crippen MR) is 140 cm³/mol. The van der Waals surface area contributed by atoms with Crippen LogP contribution in [-0.2, 0) is 4.79 Å². The van der Waals surface area contributed by atoms with Crippen molar-refractivity contribution >= 4 is 17.9 Å². The van der Waals surface area contributed by atoms with Crippen molar-refractivity contribution in [2.75, 3.05) is 26.9 Å². The number of hydrogen-bond donors (Lipinski definition) is 2. The molecule has 0 aromatic heterocycles. The zero-order chi connectivity index (χ0) is 25.8. The van der Waals surface area contributed by atoms with Crippen LogP contribution in [0.1, 0.15) is 34.8 Å². The Kier molecular flexibility index (Phi) is 9.94. The van der Waals surface area contributed by atoms with Crippen molar-refractivity contribution in [2.24, 2.45) is 0 Å². The molecule has 188 valence electrons. The van der Waals surface area contributed by atoms with E-state index in [1.807, 2.05) is 62.4 Å². The van der Waals surface area contributed by atoms with Crippen LogP contribution >= 0.6 is 0 Å². The lowest BCUT2D eigenvalue weighted by Gasteiger charge is -2.12. The number of carbonyl (C=O) groups excluding carboxylic acids is 2. The van der Waals surface area contributed by atoms with Crippen molar-refractivity contribution in [1.29, 1.82) is 0 Å². The van der Waals surface area contributed by atoms with Gasteiger partial charge < -0.3 is 24.8 Å². The highest BCUT2D eigenvalue weighted by Crippen LogP contribution is 2.25. The Morgan fingerprint density at radius 1 is 0.861 bits per heavy atom. The molecule has 0 atom stereocenters. The van der Waals surface area contributed by atoms with Gasteiger partial charge in [-0.25, -0.2) is 0 Å². The minimum Gasteiger partial charge on any atom is -0.493 e. The summed E-state index contributed by atoms with van der Waals surface area (Å²) < 4.78 is 16.8. The fraction of sp³-hybridized carbons (Fsp3) is 0.241. The van der Waals surface area contributed by atoms with Crippen LogP contribution in [0.2, 0.25) is 0 Å². The molecule has 0 aliphatic carbocycles. The van der Waals surface area contributed by atoms with Gasteiger partial charge in [0, 0.05) is 12.1 Å². The average molecular weight is 489 g/mol. The second-order valence-corrected chi connectivity index (χ2v) is 8.05. The van der Waals surface area contributed by atoms with Gasteiger partial charge in [-0.1, -0.05) is 48.9 Å². The van der Waals surface area contributed by atoms with E-state index in [1.54, 1.807) is 37.5 Å². The largest absolute Gasteiger partial charge is 0.493 e. The van der Waals surface area contributed by atoms with E-state index in [0.29, 0.717) is 42.6 Å². The van der Waals surface area contributed by atoms with Crippen LogP contribution in [0.4, 0.5) is 0 Å². The van der Waals surface area contributed by atoms with E-state index >= 15 is 0 Å². The minimum atomic E-state index is -0.345. The number of para-hydroxylation sites is 2. The quantitative estimate of drug-likeness (QED) is 0.284. The highest BCUT2D eigenvalue weighted by molar-refractivity contribution is 6.05. The van der Waals surface area contributed by atoms with Gasteiger partial charge >= 0.3 is 0 Å². The maximum absolute atomic E-state index is 12.7. The molecular formula is C29H32N2O5. The third-order valence-electron chi connectivity index (χ3n) is 5.21. The van der Waals surface area contributed by atoms with Crippen LogP contribution in [0.5, 0.6) is 17.2 Å². The first-order valence-corrected chi connectivity index (χ1v) is 11.9. The summed E-state index contributed by atoms with van der Waals surface area (Å²) in [4.78, 5) is 25.4. The van der Waals surface area contributed by atoms with Gasteiger partial charge in [-0.15, -0.1) is 0 Å².